The molecule has 0 aliphatic rings. The Morgan fingerprint density at radius 2 is 2.06 bits per heavy atom. The van der Waals surface area contributed by atoms with Gasteiger partial charge >= 0.3 is 6.18 Å². The molecule has 0 heterocycles. The fourth-order valence-electron chi connectivity index (χ4n) is 1.47. The summed E-state index contributed by atoms with van der Waals surface area (Å²) in [6.45, 7) is 0.150. The van der Waals surface area contributed by atoms with Crippen LogP contribution in [-0.4, -0.2) is 25.8 Å². The van der Waals surface area contributed by atoms with E-state index in [1.807, 2.05) is 0 Å². The number of hydrogen-bond acceptors (Lipinski definition) is 3. The van der Waals surface area contributed by atoms with Gasteiger partial charge in [0.1, 0.15) is 5.75 Å². The normalized spacial score (nSPS) is 13.5. The first-order chi connectivity index (χ1) is 7.90. The average molecular weight is 249 g/mol. The third-order valence-corrected chi connectivity index (χ3v) is 2.31. The summed E-state index contributed by atoms with van der Waals surface area (Å²) in [6.07, 6.45) is -5.47. The lowest BCUT2D eigenvalue weighted by Gasteiger charge is -2.16. The Labute approximate surface area is 97.2 Å². The summed E-state index contributed by atoms with van der Waals surface area (Å²) < 4.78 is 42.5. The third-order valence-electron chi connectivity index (χ3n) is 2.31. The molecule has 0 aliphatic heterocycles. The van der Waals surface area contributed by atoms with Crippen molar-refractivity contribution in [3.63, 3.8) is 0 Å². The van der Waals surface area contributed by atoms with Gasteiger partial charge in [0, 0.05) is 12.1 Å². The van der Waals surface area contributed by atoms with Gasteiger partial charge in [-0.1, -0.05) is 0 Å². The van der Waals surface area contributed by atoms with Gasteiger partial charge in [-0.25, -0.2) is 0 Å². The van der Waals surface area contributed by atoms with Gasteiger partial charge in [0.25, 0.3) is 0 Å². The van der Waals surface area contributed by atoms with Crippen molar-refractivity contribution in [3.8, 4) is 5.75 Å². The molecule has 0 fully saturated rings. The van der Waals surface area contributed by atoms with Crippen LogP contribution >= 0.6 is 0 Å². The number of rotatable bonds is 4. The fraction of sp³-hybridized carbons (Fsp3) is 0.455. The first-order valence-electron chi connectivity index (χ1n) is 4.98. The molecule has 0 saturated carbocycles. The number of methoxy groups -OCH3 is 1. The topological polar surface area (TPSA) is 41.5 Å². The number of ether oxygens (including phenoxy) is 1. The summed E-state index contributed by atoms with van der Waals surface area (Å²) >= 11 is 0. The molecule has 1 atom stereocenters. The second-order valence-electron chi connectivity index (χ2n) is 3.53. The van der Waals surface area contributed by atoms with Crippen molar-refractivity contribution in [1.82, 2.24) is 5.32 Å². The molecule has 1 unspecified atom stereocenters. The van der Waals surface area contributed by atoms with E-state index in [4.69, 9.17) is 4.74 Å². The van der Waals surface area contributed by atoms with Crippen LogP contribution < -0.4 is 10.1 Å². The van der Waals surface area contributed by atoms with Gasteiger partial charge in [-0.15, -0.1) is 0 Å². The quantitative estimate of drug-likeness (QED) is 0.857. The monoisotopic (exact) mass is 249 g/mol. The molecular weight excluding hydrogens is 235 g/mol. The molecule has 3 nitrogen and oxygen atoms in total. The van der Waals surface area contributed by atoms with E-state index in [2.05, 4.69) is 5.32 Å². The van der Waals surface area contributed by atoms with Crippen LogP contribution in [-0.2, 0) is 6.18 Å². The standard InChI is InChI=1S/C11H14F3NO2/c1-15-6-9(16)8-5-7(11(12,13)14)3-4-10(8)17-2/h3-5,9,15-16H,6H2,1-2H3. The van der Waals surface area contributed by atoms with Crippen LogP contribution in [0, 0.1) is 0 Å². The van der Waals surface area contributed by atoms with Crippen LogP contribution in [0.25, 0.3) is 0 Å². The van der Waals surface area contributed by atoms with Gasteiger partial charge in [-0.05, 0) is 25.2 Å². The maximum Gasteiger partial charge on any atom is 0.416 e. The van der Waals surface area contributed by atoms with Crippen molar-refractivity contribution in [2.24, 2.45) is 0 Å². The van der Waals surface area contributed by atoms with Crippen LogP contribution in [0.1, 0.15) is 17.2 Å². The highest BCUT2D eigenvalue weighted by Crippen LogP contribution is 2.34. The molecule has 0 aromatic heterocycles. The van der Waals surface area contributed by atoms with E-state index in [-0.39, 0.29) is 17.9 Å². The molecule has 17 heavy (non-hydrogen) atoms. The molecule has 0 spiro atoms. The fourth-order valence-corrected chi connectivity index (χ4v) is 1.47. The second-order valence-corrected chi connectivity index (χ2v) is 3.53. The third kappa shape index (κ3) is 3.34. The maximum atomic E-state index is 12.5. The van der Waals surface area contributed by atoms with E-state index in [0.29, 0.717) is 0 Å². The molecule has 0 bridgehead atoms. The van der Waals surface area contributed by atoms with Crippen molar-refractivity contribution in [2.45, 2.75) is 12.3 Å². The molecule has 0 amide bonds. The SMILES string of the molecule is CNCC(O)c1cc(C(F)(F)F)ccc1OC. The van der Waals surface area contributed by atoms with Crippen LogP contribution in [0.4, 0.5) is 13.2 Å². The Morgan fingerprint density at radius 3 is 2.53 bits per heavy atom. The van der Waals surface area contributed by atoms with E-state index in [0.717, 1.165) is 12.1 Å². The van der Waals surface area contributed by atoms with Gasteiger partial charge in [0.2, 0.25) is 0 Å². The Bertz CT molecular complexity index is 379. The molecular formula is C11H14F3NO2. The van der Waals surface area contributed by atoms with Gasteiger partial charge in [0.15, 0.2) is 0 Å². The minimum absolute atomic E-state index is 0.122. The highest BCUT2D eigenvalue weighted by Gasteiger charge is 2.31. The van der Waals surface area contributed by atoms with Gasteiger partial charge in [0.05, 0.1) is 18.8 Å². The number of halogens is 3. The summed E-state index contributed by atoms with van der Waals surface area (Å²) in [7, 11) is 2.95. The van der Waals surface area contributed by atoms with E-state index in [1.54, 1.807) is 7.05 Å². The number of benzene rings is 1. The number of aliphatic hydroxyl groups is 1. The smallest absolute Gasteiger partial charge is 0.416 e. The lowest BCUT2D eigenvalue weighted by molar-refractivity contribution is -0.137. The van der Waals surface area contributed by atoms with E-state index >= 15 is 0 Å². The zero-order valence-corrected chi connectivity index (χ0v) is 9.51. The Balaban J connectivity index is 3.15. The minimum Gasteiger partial charge on any atom is -0.496 e. The summed E-state index contributed by atoms with van der Waals surface area (Å²) in [5.41, 5.74) is -0.680. The van der Waals surface area contributed by atoms with Crippen molar-refractivity contribution in [2.75, 3.05) is 20.7 Å². The number of alkyl halides is 3. The number of nitrogens with one attached hydrogen (secondary N) is 1. The van der Waals surface area contributed by atoms with Gasteiger partial charge in [-0.3, -0.25) is 0 Å². The predicted octanol–water partition coefficient (Wildman–Crippen LogP) is 1.97. The number of hydrogen-bond donors (Lipinski definition) is 2. The first kappa shape index (κ1) is 13.8. The Kier molecular flexibility index (Phi) is 4.36. The molecule has 1 aromatic carbocycles. The zero-order chi connectivity index (χ0) is 13.1. The molecule has 0 radical (unpaired) electrons. The van der Waals surface area contributed by atoms with Gasteiger partial charge < -0.3 is 15.2 Å². The molecule has 2 N–H and O–H groups in total. The first-order valence-corrected chi connectivity index (χ1v) is 4.98. The zero-order valence-electron chi connectivity index (χ0n) is 9.51. The summed E-state index contributed by atoms with van der Waals surface area (Å²) in [5, 5.41) is 12.4. The van der Waals surface area contributed by atoms with E-state index in [9.17, 15) is 18.3 Å². The van der Waals surface area contributed by atoms with E-state index in [1.165, 1.54) is 13.2 Å². The van der Waals surface area contributed by atoms with Crippen molar-refractivity contribution in [3.05, 3.63) is 29.3 Å². The summed E-state index contributed by atoms with van der Waals surface area (Å²) in [6, 6.07) is 3.03. The Morgan fingerprint density at radius 1 is 1.41 bits per heavy atom. The van der Waals surface area contributed by atoms with Crippen molar-refractivity contribution >= 4 is 0 Å². The summed E-state index contributed by atoms with van der Waals surface area (Å²) in [5.74, 6) is 0.237. The Hall–Kier alpha value is -1.27. The second kappa shape index (κ2) is 5.37. The molecule has 1 aromatic rings. The van der Waals surface area contributed by atoms with Crippen LogP contribution in [0.5, 0.6) is 5.75 Å². The lowest BCUT2D eigenvalue weighted by atomic mass is 10.0. The van der Waals surface area contributed by atoms with Crippen molar-refractivity contribution in [1.29, 1.82) is 0 Å². The molecule has 6 heteroatoms. The molecule has 0 saturated heterocycles. The van der Waals surface area contributed by atoms with Crippen LogP contribution in [0.15, 0.2) is 18.2 Å². The predicted molar refractivity (Wildman–Crippen MR) is 56.9 cm³/mol. The number of likely N-dealkylation sites (N-methyl/N-ethyl adjacent to an activating group) is 1. The molecule has 96 valence electrons. The molecule has 1 rings (SSSR count). The average Bonchev–Trinajstić information content (AvgIpc) is 2.27. The van der Waals surface area contributed by atoms with Crippen molar-refractivity contribution < 1.29 is 23.0 Å². The van der Waals surface area contributed by atoms with Crippen LogP contribution in [0.3, 0.4) is 0 Å². The summed E-state index contributed by atoms with van der Waals surface area (Å²) in [4.78, 5) is 0. The van der Waals surface area contributed by atoms with E-state index < -0.39 is 17.8 Å². The number of aliphatic hydroxyl groups excluding tert-OH is 1. The van der Waals surface area contributed by atoms with Gasteiger partial charge in [-0.2, -0.15) is 13.2 Å². The minimum atomic E-state index is -4.43. The highest BCUT2D eigenvalue weighted by atomic mass is 19.4. The maximum absolute atomic E-state index is 12.5. The molecule has 0 aliphatic carbocycles. The largest absolute Gasteiger partial charge is 0.496 e. The highest BCUT2D eigenvalue weighted by molar-refractivity contribution is 5.40. The van der Waals surface area contributed by atoms with Crippen LogP contribution in [0.2, 0.25) is 0 Å². The lowest BCUT2D eigenvalue weighted by Crippen LogP contribution is -2.18.